The van der Waals surface area contributed by atoms with Gasteiger partial charge in [-0.3, -0.25) is 0 Å². The summed E-state index contributed by atoms with van der Waals surface area (Å²) < 4.78 is 26.9. The van der Waals surface area contributed by atoms with Crippen LogP contribution in [0.15, 0.2) is 53.4 Å². The van der Waals surface area contributed by atoms with Crippen LogP contribution in [-0.2, 0) is 10.0 Å². The number of aromatic amines is 1. The van der Waals surface area contributed by atoms with E-state index < -0.39 is 10.0 Å². The number of rotatable bonds is 3. The number of sulfonamides is 1. The first-order valence-corrected chi connectivity index (χ1v) is 9.64. The second-order valence-electron chi connectivity index (χ2n) is 6.09. The van der Waals surface area contributed by atoms with Crippen LogP contribution in [0.3, 0.4) is 0 Å². The smallest absolute Gasteiger partial charge is 0.243 e. The van der Waals surface area contributed by atoms with E-state index in [1.165, 1.54) is 0 Å². The van der Waals surface area contributed by atoms with Crippen molar-refractivity contribution in [3.63, 3.8) is 0 Å². The molecule has 0 spiro atoms. The van der Waals surface area contributed by atoms with Crippen LogP contribution in [0.2, 0.25) is 0 Å². The summed E-state index contributed by atoms with van der Waals surface area (Å²) in [6, 6.07) is 14.8. The van der Waals surface area contributed by atoms with E-state index in [9.17, 15) is 8.42 Å². The van der Waals surface area contributed by atoms with Crippen molar-refractivity contribution in [2.75, 3.05) is 13.1 Å². The van der Waals surface area contributed by atoms with Crippen molar-refractivity contribution in [3.05, 3.63) is 48.5 Å². The molecule has 1 aliphatic heterocycles. The Kier molecular flexibility index (Phi) is 3.86. The SMILES string of the molecule is O=S(=O)(c1ccc(-c2nc3ccccc3[nH]2)cc1)N1CCCCC1. The number of para-hydroxylation sites is 2. The van der Waals surface area contributed by atoms with E-state index in [1.807, 2.05) is 36.4 Å². The number of aromatic nitrogens is 2. The zero-order valence-electron chi connectivity index (χ0n) is 13.3. The predicted molar refractivity (Wildman–Crippen MR) is 94.1 cm³/mol. The summed E-state index contributed by atoms with van der Waals surface area (Å²) in [7, 11) is -3.38. The quantitative estimate of drug-likeness (QED) is 0.794. The number of fused-ring (bicyclic) bond motifs is 1. The molecule has 24 heavy (non-hydrogen) atoms. The highest BCUT2D eigenvalue weighted by molar-refractivity contribution is 7.89. The summed E-state index contributed by atoms with van der Waals surface area (Å²) in [6.07, 6.45) is 2.99. The van der Waals surface area contributed by atoms with Gasteiger partial charge in [-0.2, -0.15) is 4.31 Å². The van der Waals surface area contributed by atoms with Gasteiger partial charge in [0.05, 0.1) is 15.9 Å². The first-order valence-electron chi connectivity index (χ1n) is 8.20. The molecule has 2 heterocycles. The van der Waals surface area contributed by atoms with Crippen LogP contribution in [0.1, 0.15) is 19.3 Å². The van der Waals surface area contributed by atoms with Gasteiger partial charge in [0, 0.05) is 18.7 Å². The van der Waals surface area contributed by atoms with Crippen molar-refractivity contribution < 1.29 is 8.42 Å². The molecule has 2 aromatic carbocycles. The third-order valence-electron chi connectivity index (χ3n) is 4.47. The van der Waals surface area contributed by atoms with E-state index >= 15 is 0 Å². The Hall–Kier alpha value is -2.18. The summed E-state index contributed by atoms with van der Waals surface area (Å²) in [5.41, 5.74) is 2.75. The van der Waals surface area contributed by atoms with Crippen molar-refractivity contribution in [1.82, 2.24) is 14.3 Å². The third-order valence-corrected chi connectivity index (χ3v) is 6.38. The van der Waals surface area contributed by atoms with Crippen LogP contribution in [0.25, 0.3) is 22.4 Å². The zero-order chi connectivity index (χ0) is 16.6. The van der Waals surface area contributed by atoms with Crippen molar-refractivity contribution in [2.45, 2.75) is 24.2 Å². The Labute approximate surface area is 141 Å². The van der Waals surface area contributed by atoms with E-state index in [2.05, 4.69) is 9.97 Å². The summed E-state index contributed by atoms with van der Waals surface area (Å²) in [5.74, 6) is 0.748. The molecule has 1 aromatic heterocycles. The lowest BCUT2D eigenvalue weighted by molar-refractivity contribution is 0.346. The van der Waals surface area contributed by atoms with Crippen LogP contribution in [-0.4, -0.2) is 35.8 Å². The molecule has 0 bridgehead atoms. The summed E-state index contributed by atoms with van der Waals surface area (Å²) >= 11 is 0. The number of nitrogens with zero attached hydrogens (tertiary/aromatic N) is 2. The number of imidazole rings is 1. The minimum Gasteiger partial charge on any atom is -0.338 e. The van der Waals surface area contributed by atoms with Crippen LogP contribution >= 0.6 is 0 Å². The standard InChI is InChI=1S/C18H19N3O2S/c22-24(23,21-12-4-1-5-13-21)15-10-8-14(9-11-15)18-19-16-6-2-3-7-17(16)20-18/h2-3,6-11H,1,4-5,12-13H2,(H,19,20). The molecule has 5 nitrogen and oxygen atoms in total. The number of piperidine rings is 1. The Bertz CT molecular complexity index is 922. The first-order chi connectivity index (χ1) is 11.6. The molecule has 0 saturated carbocycles. The lowest BCUT2D eigenvalue weighted by Gasteiger charge is -2.25. The Morgan fingerprint density at radius 2 is 1.62 bits per heavy atom. The molecule has 0 aliphatic carbocycles. The highest BCUT2D eigenvalue weighted by Gasteiger charge is 2.25. The zero-order valence-corrected chi connectivity index (χ0v) is 14.1. The van der Waals surface area contributed by atoms with Crippen molar-refractivity contribution in [1.29, 1.82) is 0 Å². The fraction of sp³-hybridized carbons (Fsp3) is 0.278. The minimum absolute atomic E-state index is 0.351. The van der Waals surface area contributed by atoms with Gasteiger partial charge in [0.25, 0.3) is 0 Å². The Morgan fingerprint density at radius 1 is 0.917 bits per heavy atom. The average molecular weight is 341 g/mol. The lowest BCUT2D eigenvalue weighted by Crippen LogP contribution is -2.35. The van der Waals surface area contributed by atoms with E-state index in [0.717, 1.165) is 41.7 Å². The highest BCUT2D eigenvalue weighted by atomic mass is 32.2. The molecular weight excluding hydrogens is 322 g/mol. The summed E-state index contributed by atoms with van der Waals surface area (Å²) in [6.45, 7) is 1.24. The van der Waals surface area contributed by atoms with Crippen LogP contribution in [0, 0.1) is 0 Å². The normalized spacial score (nSPS) is 16.5. The lowest BCUT2D eigenvalue weighted by atomic mass is 10.2. The molecule has 1 N–H and O–H groups in total. The van der Waals surface area contributed by atoms with Gasteiger partial charge in [0.1, 0.15) is 5.82 Å². The van der Waals surface area contributed by atoms with Gasteiger partial charge in [0.15, 0.2) is 0 Å². The molecule has 0 amide bonds. The van der Waals surface area contributed by atoms with Crippen molar-refractivity contribution in [3.8, 4) is 11.4 Å². The molecule has 0 radical (unpaired) electrons. The Balaban J connectivity index is 1.64. The van der Waals surface area contributed by atoms with Gasteiger partial charge < -0.3 is 4.98 Å². The second kappa shape index (κ2) is 6.03. The first kappa shape index (κ1) is 15.4. The molecule has 4 rings (SSSR count). The molecule has 1 aliphatic rings. The molecule has 0 atom stereocenters. The van der Waals surface area contributed by atoms with Gasteiger partial charge in [-0.05, 0) is 49.2 Å². The van der Waals surface area contributed by atoms with Crippen LogP contribution < -0.4 is 0 Å². The molecular formula is C18H19N3O2S. The fourth-order valence-corrected chi connectivity index (χ4v) is 4.65. The van der Waals surface area contributed by atoms with Gasteiger partial charge in [-0.1, -0.05) is 18.6 Å². The molecule has 6 heteroatoms. The van der Waals surface area contributed by atoms with E-state index in [4.69, 9.17) is 0 Å². The molecule has 124 valence electrons. The maximum Gasteiger partial charge on any atom is 0.243 e. The maximum atomic E-state index is 12.7. The third kappa shape index (κ3) is 2.72. The van der Waals surface area contributed by atoms with Gasteiger partial charge in [0.2, 0.25) is 10.0 Å². The monoisotopic (exact) mass is 341 g/mol. The number of nitrogens with one attached hydrogen (secondary N) is 1. The molecule has 1 saturated heterocycles. The van der Waals surface area contributed by atoms with E-state index in [-0.39, 0.29) is 0 Å². The summed E-state index contributed by atoms with van der Waals surface area (Å²) in [4.78, 5) is 8.16. The van der Waals surface area contributed by atoms with E-state index in [0.29, 0.717) is 18.0 Å². The number of H-pyrrole nitrogens is 1. The van der Waals surface area contributed by atoms with Crippen molar-refractivity contribution >= 4 is 21.1 Å². The van der Waals surface area contributed by atoms with Gasteiger partial charge in [-0.25, -0.2) is 13.4 Å². The van der Waals surface area contributed by atoms with E-state index in [1.54, 1.807) is 16.4 Å². The summed E-state index contributed by atoms with van der Waals surface area (Å²) in [5, 5.41) is 0. The van der Waals surface area contributed by atoms with Crippen LogP contribution in [0.4, 0.5) is 0 Å². The molecule has 3 aromatic rings. The van der Waals surface area contributed by atoms with Crippen molar-refractivity contribution in [2.24, 2.45) is 0 Å². The largest absolute Gasteiger partial charge is 0.338 e. The molecule has 0 unspecified atom stereocenters. The average Bonchev–Trinajstić information content (AvgIpc) is 3.07. The molecule has 1 fully saturated rings. The minimum atomic E-state index is -3.38. The van der Waals surface area contributed by atoms with Gasteiger partial charge >= 0.3 is 0 Å². The maximum absolute atomic E-state index is 12.7. The topological polar surface area (TPSA) is 66.1 Å². The highest BCUT2D eigenvalue weighted by Crippen LogP contribution is 2.24. The fourth-order valence-electron chi connectivity index (χ4n) is 3.13. The Morgan fingerprint density at radius 3 is 2.33 bits per heavy atom. The second-order valence-corrected chi connectivity index (χ2v) is 8.03. The predicted octanol–water partition coefficient (Wildman–Crippen LogP) is 3.40. The van der Waals surface area contributed by atoms with Gasteiger partial charge in [-0.15, -0.1) is 0 Å². The number of benzene rings is 2. The van der Waals surface area contributed by atoms with Crippen LogP contribution in [0.5, 0.6) is 0 Å². The number of hydrogen-bond acceptors (Lipinski definition) is 3. The number of hydrogen-bond donors (Lipinski definition) is 1.